The highest BCUT2D eigenvalue weighted by Crippen LogP contribution is 2.28. The van der Waals surface area contributed by atoms with Crippen LogP contribution in [0.5, 0.6) is 0 Å². The summed E-state index contributed by atoms with van der Waals surface area (Å²) >= 11 is 0. The summed E-state index contributed by atoms with van der Waals surface area (Å²) in [5.41, 5.74) is 1.27. The number of carbonyl (C=O) groups is 1. The van der Waals surface area contributed by atoms with Gasteiger partial charge in [-0.25, -0.2) is 0 Å². The molecule has 0 bridgehead atoms. The van der Waals surface area contributed by atoms with E-state index in [1.165, 1.54) is 5.57 Å². The van der Waals surface area contributed by atoms with Crippen LogP contribution in [0.1, 0.15) is 25.7 Å². The van der Waals surface area contributed by atoms with Crippen molar-refractivity contribution in [2.45, 2.75) is 31.8 Å². The summed E-state index contributed by atoms with van der Waals surface area (Å²) in [5, 5.41) is 0. The largest absolute Gasteiger partial charge is 0.460 e. The van der Waals surface area contributed by atoms with E-state index >= 15 is 0 Å². The number of carbonyl (C=O) groups excluding carboxylic acids is 1. The van der Waals surface area contributed by atoms with Gasteiger partial charge in [0.25, 0.3) is 0 Å². The van der Waals surface area contributed by atoms with Crippen molar-refractivity contribution in [3.8, 4) is 0 Å². The van der Waals surface area contributed by atoms with Crippen LogP contribution in [0, 0.1) is 5.92 Å². The fourth-order valence-corrected chi connectivity index (χ4v) is 2.28. The maximum Gasteiger partial charge on any atom is 0.309 e. The molecule has 0 amide bonds. The Balaban J connectivity index is 1.88. The molecule has 1 saturated heterocycles. The number of methoxy groups -OCH3 is 1. The van der Waals surface area contributed by atoms with Crippen molar-refractivity contribution >= 4 is 5.97 Å². The Hall–Kier alpha value is -1.09. The second kappa shape index (κ2) is 5.30. The fourth-order valence-electron chi connectivity index (χ4n) is 2.28. The molecule has 2 unspecified atom stereocenters. The number of hydrogen-bond acceptors (Lipinski definition) is 3. The molecule has 0 N–H and O–H groups in total. The molecule has 0 radical (unpaired) electrons. The van der Waals surface area contributed by atoms with Crippen LogP contribution in [0.25, 0.3) is 0 Å². The lowest BCUT2D eigenvalue weighted by Crippen LogP contribution is -2.13. The highest BCUT2D eigenvalue weighted by Gasteiger charge is 2.34. The summed E-state index contributed by atoms with van der Waals surface area (Å²) in [5.74, 6) is -0.0453. The van der Waals surface area contributed by atoms with Crippen LogP contribution in [0.3, 0.4) is 0 Å². The average Bonchev–Trinajstić information content (AvgIpc) is 2.61. The lowest BCUT2D eigenvalue weighted by molar-refractivity contribution is -0.145. The van der Waals surface area contributed by atoms with Gasteiger partial charge < -0.3 is 9.47 Å². The zero-order valence-electron chi connectivity index (χ0n) is 9.65. The van der Waals surface area contributed by atoms with Gasteiger partial charge in [0.1, 0.15) is 6.10 Å². The summed E-state index contributed by atoms with van der Waals surface area (Å²) in [6, 6.07) is 0. The van der Waals surface area contributed by atoms with Crippen LogP contribution >= 0.6 is 0 Å². The van der Waals surface area contributed by atoms with Crippen molar-refractivity contribution in [1.82, 2.24) is 0 Å². The Morgan fingerprint density at radius 3 is 3.06 bits per heavy atom. The Morgan fingerprint density at radius 1 is 1.50 bits per heavy atom. The van der Waals surface area contributed by atoms with E-state index in [1.54, 1.807) is 7.11 Å². The molecule has 1 aliphatic heterocycles. The molecule has 1 aliphatic carbocycles. The van der Waals surface area contributed by atoms with Crippen molar-refractivity contribution in [1.29, 1.82) is 0 Å². The Bertz CT molecular complexity index is 317. The summed E-state index contributed by atoms with van der Waals surface area (Å²) in [6.07, 6.45) is 10.3. The van der Waals surface area contributed by atoms with Crippen molar-refractivity contribution in [2.24, 2.45) is 5.92 Å². The lowest BCUT2D eigenvalue weighted by atomic mass is 9.93. The van der Waals surface area contributed by atoms with Gasteiger partial charge in [0.15, 0.2) is 0 Å². The van der Waals surface area contributed by atoms with Crippen LogP contribution in [0.2, 0.25) is 0 Å². The smallest absolute Gasteiger partial charge is 0.309 e. The zero-order chi connectivity index (χ0) is 11.4. The third kappa shape index (κ3) is 2.73. The van der Waals surface area contributed by atoms with Gasteiger partial charge in [0, 0.05) is 13.5 Å². The molecule has 16 heavy (non-hydrogen) atoms. The first-order valence-electron chi connectivity index (χ1n) is 5.84. The Labute approximate surface area is 96.1 Å². The van der Waals surface area contributed by atoms with Gasteiger partial charge in [-0.2, -0.15) is 0 Å². The van der Waals surface area contributed by atoms with Crippen LogP contribution in [-0.2, 0) is 14.3 Å². The molecule has 88 valence electrons. The van der Waals surface area contributed by atoms with Gasteiger partial charge in [0.2, 0.25) is 0 Å². The third-order valence-corrected chi connectivity index (χ3v) is 3.07. The molecule has 3 heteroatoms. The van der Waals surface area contributed by atoms with E-state index in [2.05, 4.69) is 18.2 Å². The molecule has 2 aliphatic rings. The normalized spacial score (nSPS) is 29.1. The standard InChI is InChI=1S/C13H18O3/c1-15-9-12-8-11(13(14)16-12)7-10-5-3-2-4-6-10/h3,5-6,11-12H,2,4,7-9H2,1H3. The van der Waals surface area contributed by atoms with Gasteiger partial charge in [-0.15, -0.1) is 0 Å². The molecule has 1 fully saturated rings. The highest BCUT2D eigenvalue weighted by atomic mass is 16.6. The quantitative estimate of drug-likeness (QED) is 0.684. The number of allylic oxidation sites excluding steroid dienone is 4. The van der Waals surface area contributed by atoms with E-state index in [1.807, 2.05) is 0 Å². The van der Waals surface area contributed by atoms with E-state index < -0.39 is 0 Å². The third-order valence-electron chi connectivity index (χ3n) is 3.07. The Kier molecular flexibility index (Phi) is 3.78. The second-order valence-corrected chi connectivity index (χ2v) is 4.41. The van der Waals surface area contributed by atoms with Crippen molar-refractivity contribution in [2.75, 3.05) is 13.7 Å². The average molecular weight is 222 g/mol. The molecule has 0 spiro atoms. The van der Waals surface area contributed by atoms with Crippen LogP contribution in [0.15, 0.2) is 23.8 Å². The Morgan fingerprint density at radius 2 is 2.38 bits per heavy atom. The monoisotopic (exact) mass is 222 g/mol. The summed E-state index contributed by atoms with van der Waals surface area (Å²) in [6.45, 7) is 0.511. The number of ether oxygens (including phenoxy) is 2. The summed E-state index contributed by atoms with van der Waals surface area (Å²) < 4.78 is 10.2. The second-order valence-electron chi connectivity index (χ2n) is 4.41. The molecular weight excluding hydrogens is 204 g/mol. The first kappa shape index (κ1) is 11.4. The predicted octanol–water partition coefficient (Wildman–Crippen LogP) is 2.23. The predicted molar refractivity (Wildman–Crippen MR) is 60.9 cm³/mol. The minimum Gasteiger partial charge on any atom is -0.460 e. The molecule has 1 heterocycles. The maximum absolute atomic E-state index is 11.6. The van der Waals surface area contributed by atoms with Crippen molar-refractivity contribution in [3.05, 3.63) is 23.8 Å². The first-order valence-corrected chi connectivity index (χ1v) is 5.84. The van der Waals surface area contributed by atoms with E-state index in [4.69, 9.17) is 9.47 Å². The molecule has 0 aromatic carbocycles. The molecule has 0 aromatic heterocycles. The molecule has 2 rings (SSSR count). The zero-order valence-corrected chi connectivity index (χ0v) is 9.65. The van der Waals surface area contributed by atoms with Crippen LogP contribution in [0.4, 0.5) is 0 Å². The van der Waals surface area contributed by atoms with Gasteiger partial charge >= 0.3 is 5.97 Å². The first-order chi connectivity index (χ1) is 7.79. The van der Waals surface area contributed by atoms with Gasteiger partial charge in [0.05, 0.1) is 12.5 Å². The molecular formula is C13H18O3. The SMILES string of the molecule is COCC1CC(CC2=CCCC=C2)C(=O)O1. The van der Waals surface area contributed by atoms with Gasteiger partial charge in [-0.1, -0.05) is 23.8 Å². The minimum absolute atomic E-state index is 0.0224. The topological polar surface area (TPSA) is 35.5 Å². The lowest BCUT2D eigenvalue weighted by Gasteiger charge is -2.09. The van der Waals surface area contributed by atoms with E-state index in [9.17, 15) is 4.79 Å². The fraction of sp³-hybridized carbons (Fsp3) is 0.615. The van der Waals surface area contributed by atoms with E-state index in [0.29, 0.717) is 6.61 Å². The number of hydrogen-bond donors (Lipinski definition) is 0. The summed E-state index contributed by atoms with van der Waals surface area (Å²) in [7, 11) is 1.63. The summed E-state index contributed by atoms with van der Waals surface area (Å²) in [4.78, 5) is 11.6. The van der Waals surface area contributed by atoms with Crippen molar-refractivity contribution in [3.63, 3.8) is 0 Å². The molecule has 0 aromatic rings. The van der Waals surface area contributed by atoms with Crippen molar-refractivity contribution < 1.29 is 14.3 Å². The minimum atomic E-state index is -0.0677. The number of cyclic esters (lactones) is 1. The maximum atomic E-state index is 11.6. The van der Waals surface area contributed by atoms with Gasteiger partial charge in [-0.3, -0.25) is 4.79 Å². The number of rotatable bonds is 4. The molecule has 3 nitrogen and oxygen atoms in total. The highest BCUT2D eigenvalue weighted by molar-refractivity contribution is 5.75. The molecule has 0 saturated carbocycles. The van der Waals surface area contributed by atoms with Gasteiger partial charge in [-0.05, 0) is 19.3 Å². The molecule has 2 atom stereocenters. The van der Waals surface area contributed by atoms with Crippen LogP contribution < -0.4 is 0 Å². The van der Waals surface area contributed by atoms with E-state index in [-0.39, 0.29) is 18.0 Å². The van der Waals surface area contributed by atoms with E-state index in [0.717, 1.165) is 25.7 Å². The van der Waals surface area contributed by atoms with Crippen LogP contribution in [-0.4, -0.2) is 25.8 Å². The number of esters is 1.